The van der Waals surface area contributed by atoms with Crippen molar-refractivity contribution in [3.8, 4) is 17.1 Å². The number of benzene rings is 3. The molecule has 13 heteroatoms. The highest BCUT2D eigenvalue weighted by atomic mass is 35.5. The lowest BCUT2D eigenvalue weighted by molar-refractivity contribution is -0.384. The van der Waals surface area contributed by atoms with Gasteiger partial charge in [0.05, 0.1) is 21.3 Å². The second-order valence-corrected chi connectivity index (χ2v) is 8.57. The molecule has 0 atom stereocenters. The van der Waals surface area contributed by atoms with Crippen molar-refractivity contribution < 1.29 is 4.92 Å². The van der Waals surface area contributed by atoms with E-state index < -0.39 is 4.92 Å². The molecule has 4 rings (SSSR count). The van der Waals surface area contributed by atoms with Gasteiger partial charge in [0.15, 0.2) is 10.9 Å². The summed E-state index contributed by atoms with van der Waals surface area (Å²) in [6.45, 7) is 0. The van der Waals surface area contributed by atoms with E-state index in [0.29, 0.717) is 27.0 Å². The zero-order chi connectivity index (χ0) is 24.9. The van der Waals surface area contributed by atoms with Gasteiger partial charge in [0.25, 0.3) is 5.69 Å². The maximum absolute atomic E-state index is 11.0. The van der Waals surface area contributed by atoms with Gasteiger partial charge < -0.3 is 5.32 Å². The number of anilines is 2. The van der Waals surface area contributed by atoms with Gasteiger partial charge in [0.2, 0.25) is 10.7 Å². The van der Waals surface area contributed by atoms with E-state index in [9.17, 15) is 10.1 Å². The number of hydrazine groups is 1. The summed E-state index contributed by atoms with van der Waals surface area (Å²) >= 11 is 23.1. The fourth-order valence-electron chi connectivity index (χ4n) is 3.00. The van der Waals surface area contributed by atoms with Crippen LogP contribution in [0.25, 0.3) is 17.1 Å². The molecule has 0 aliphatic rings. The Morgan fingerprint density at radius 1 is 0.971 bits per heavy atom. The Balaban J connectivity index is 1.68. The van der Waals surface area contributed by atoms with Crippen molar-refractivity contribution in [1.82, 2.24) is 20.0 Å². The van der Waals surface area contributed by atoms with Crippen molar-refractivity contribution in [2.24, 2.45) is 0 Å². The molecule has 1 heterocycles. The van der Waals surface area contributed by atoms with Crippen LogP contribution in [0.15, 0.2) is 72.8 Å². The number of para-hydroxylation sites is 1. The molecule has 0 aliphatic heterocycles. The van der Waals surface area contributed by atoms with E-state index in [1.165, 1.54) is 12.1 Å². The summed E-state index contributed by atoms with van der Waals surface area (Å²) in [4.78, 5) is 19.5. The van der Waals surface area contributed by atoms with Crippen LogP contribution < -0.4 is 16.2 Å². The molecule has 9 nitrogen and oxygen atoms in total. The lowest BCUT2D eigenvalue weighted by Gasteiger charge is -2.17. The highest BCUT2D eigenvalue weighted by Crippen LogP contribution is 2.24. The molecule has 0 saturated heterocycles. The Bertz CT molecular complexity index is 1460. The summed E-state index contributed by atoms with van der Waals surface area (Å²) in [6.07, 6.45) is 0. The minimum absolute atomic E-state index is 0.0458. The molecule has 0 bridgehead atoms. The summed E-state index contributed by atoms with van der Waals surface area (Å²) in [5.41, 5.74) is 7.60. The van der Waals surface area contributed by atoms with Gasteiger partial charge >= 0.3 is 0 Å². The van der Waals surface area contributed by atoms with Crippen molar-refractivity contribution in [3.63, 3.8) is 0 Å². The highest BCUT2D eigenvalue weighted by Gasteiger charge is 2.14. The largest absolute Gasteiger partial charge is 0.330 e. The molecule has 176 valence electrons. The second-order valence-electron chi connectivity index (χ2n) is 6.95. The first-order chi connectivity index (χ1) is 16.8. The number of rotatable bonds is 6. The Hall–Kier alpha value is -3.64. The zero-order valence-electron chi connectivity index (χ0n) is 17.6. The van der Waals surface area contributed by atoms with Gasteiger partial charge in [-0.3, -0.25) is 25.5 Å². The second kappa shape index (κ2) is 10.7. The minimum Gasteiger partial charge on any atom is -0.330 e. The van der Waals surface area contributed by atoms with E-state index in [1.807, 2.05) is 12.1 Å². The van der Waals surface area contributed by atoms with Gasteiger partial charge in [-0.05, 0) is 73.0 Å². The fourth-order valence-corrected chi connectivity index (χ4v) is 3.75. The molecule has 3 aromatic carbocycles. The molecule has 0 fully saturated rings. The first kappa shape index (κ1) is 24.5. The van der Waals surface area contributed by atoms with Crippen molar-refractivity contribution in [2.45, 2.75) is 0 Å². The van der Waals surface area contributed by atoms with Crippen molar-refractivity contribution in [3.05, 3.63) is 97.7 Å². The number of hydrogen-bond donors (Lipinski definition) is 3. The number of halogens is 2. The average Bonchev–Trinajstić information content (AvgIpc) is 2.85. The van der Waals surface area contributed by atoms with Gasteiger partial charge in [0, 0.05) is 22.7 Å². The van der Waals surface area contributed by atoms with E-state index in [4.69, 9.17) is 47.6 Å². The summed E-state index contributed by atoms with van der Waals surface area (Å²) < 4.78 is 1.77. The average molecular weight is 544 g/mol. The SMILES string of the molecule is O=[N+]([O-])c1ccc(-c2nc(NNC(=S)Nc3ccccc3Cl)n(-c3ccc(Cl)cc3)c(=S)n2)cc1. The van der Waals surface area contributed by atoms with Gasteiger partial charge in [-0.25, -0.2) is 0 Å². The number of nitrogens with one attached hydrogen (secondary N) is 3. The quantitative estimate of drug-likeness (QED) is 0.149. The third kappa shape index (κ3) is 5.89. The highest BCUT2D eigenvalue weighted by molar-refractivity contribution is 7.80. The number of hydrogen-bond acceptors (Lipinski definition) is 7. The molecular formula is C22H15Cl2N7O2S2. The van der Waals surface area contributed by atoms with Gasteiger partial charge in [-0.1, -0.05) is 35.3 Å². The monoisotopic (exact) mass is 543 g/mol. The normalized spacial score (nSPS) is 10.5. The van der Waals surface area contributed by atoms with E-state index in [2.05, 4.69) is 26.1 Å². The zero-order valence-corrected chi connectivity index (χ0v) is 20.8. The van der Waals surface area contributed by atoms with Crippen LogP contribution in [0.4, 0.5) is 17.3 Å². The third-order valence-electron chi connectivity index (χ3n) is 4.65. The maximum atomic E-state index is 11.0. The molecule has 0 unspecified atom stereocenters. The van der Waals surface area contributed by atoms with Crippen LogP contribution in [0.2, 0.25) is 10.0 Å². The topological polar surface area (TPSA) is 110 Å². The van der Waals surface area contributed by atoms with Crippen molar-refractivity contribution in [1.29, 1.82) is 0 Å². The first-order valence-electron chi connectivity index (χ1n) is 9.91. The summed E-state index contributed by atoms with van der Waals surface area (Å²) in [5.74, 6) is 0.536. The Kier molecular flexibility index (Phi) is 7.51. The van der Waals surface area contributed by atoms with Crippen molar-refractivity contribution >= 4 is 70.1 Å². The van der Waals surface area contributed by atoms with Crippen LogP contribution in [-0.4, -0.2) is 24.6 Å². The van der Waals surface area contributed by atoms with Crippen LogP contribution in [-0.2, 0) is 0 Å². The first-order valence-corrected chi connectivity index (χ1v) is 11.5. The summed E-state index contributed by atoms with van der Waals surface area (Å²) in [7, 11) is 0. The lowest BCUT2D eigenvalue weighted by Crippen LogP contribution is -2.35. The molecule has 0 radical (unpaired) electrons. The number of non-ortho nitro benzene ring substituents is 1. The number of nitrogens with zero attached hydrogens (tertiary/aromatic N) is 4. The molecule has 0 spiro atoms. The fraction of sp³-hybridized carbons (Fsp3) is 0. The summed E-state index contributed by atoms with van der Waals surface area (Å²) in [5, 5.41) is 15.3. The molecule has 4 aromatic rings. The Morgan fingerprint density at radius 3 is 2.31 bits per heavy atom. The van der Waals surface area contributed by atoms with Crippen LogP contribution in [0, 0.1) is 14.9 Å². The minimum atomic E-state index is -0.480. The van der Waals surface area contributed by atoms with Crippen LogP contribution in [0.3, 0.4) is 0 Å². The van der Waals surface area contributed by atoms with Gasteiger partial charge in [0.1, 0.15) is 0 Å². The smallest absolute Gasteiger partial charge is 0.269 e. The predicted octanol–water partition coefficient (Wildman–Crippen LogP) is 6.19. The summed E-state index contributed by atoms with van der Waals surface area (Å²) in [6, 6.07) is 19.9. The van der Waals surface area contributed by atoms with E-state index in [-0.39, 0.29) is 27.3 Å². The van der Waals surface area contributed by atoms with Crippen LogP contribution in [0.5, 0.6) is 0 Å². The van der Waals surface area contributed by atoms with Crippen LogP contribution in [0.1, 0.15) is 0 Å². The molecule has 0 amide bonds. The third-order valence-corrected chi connectivity index (χ3v) is 5.71. The molecule has 35 heavy (non-hydrogen) atoms. The molecule has 1 aromatic heterocycles. The molecule has 0 aliphatic carbocycles. The number of aromatic nitrogens is 3. The Morgan fingerprint density at radius 2 is 1.66 bits per heavy atom. The van der Waals surface area contributed by atoms with E-state index in [0.717, 1.165) is 0 Å². The molecular weight excluding hydrogens is 529 g/mol. The van der Waals surface area contributed by atoms with E-state index in [1.54, 1.807) is 53.1 Å². The lowest BCUT2D eigenvalue weighted by atomic mass is 10.2. The number of thiocarbonyl (C=S) groups is 1. The van der Waals surface area contributed by atoms with Crippen molar-refractivity contribution in [2.75, 3.05) is 10.7 Å². The number of nitro benzene ring substituents is 1. The Labute approximate surface area is 219 Å². The van der Waals surface area contributed by atoms with Crippen LogP contribution >= 0.6 is 47.6 Å². The molecule has 3 N–H and O–H groups in total. The number of nitro groups is 1. The van der Waals surface area contributed by atoms with E-state index >= 15 is 0 Å². The standard InChI is InChI=1S/C22H15Cl2N7O2S2/c23-14-7-11-15(12-8-14)30-20(28-29-21(34)25-18-4-2-1-3-17(18)24)26-19(27-22(30)35)13-5-9-16(10-6-13)31(32)33/h1-12H,(H2,25,29,34)(H,26,27,28,35). The predicted molar refractivity (Wildman–Crippen MR) is 144 cm³/mol. The molecule has 0 saturated carbocycles. The van der Waals surface area contributed by atoms with Gasteiger partial charge in [-0.2, -0.15) is 9.97 Å². The maximum Gasteiger partial charge on any atom is 0.269 e. The van der Waals surface area contributed by atoms with Gasteiger partial charge in [-0.15, -0.1) is 0 Å².